The van der Waals surface area contributed by atoms with E-state index in [4.69, 9.17) is 14.6 Å². The molecule has 1 N–H and O–H groups in total. The van der Waals surface area contributed by atoms with Crippen LogP contribution in [0.15, 0.2) is 42.5 Å². The Morgan fingerprint density at radius 1 is 1.00 bits per heavy atom. The number of Topliss-reactive ketones (excluding diaryl/α,β-unsaturated/α-hetero) is 1. The molecule has 1 heterocycles. The van der Waals surface area contributed by atoms with Gasteiger partial charge in [0.15, 0.2) is 17.3 Å². The molecule has 0 saturated heterocycles. The molecule has 0 radical (unpaired) electrons. The summed E-state index contributed by atoms with van der Waals surface area (Å²) in [6.45, 7) is -0.216. The van der Waals surface area contributed by atoms with Crippen LogP contribution in [0.5, 0.6) is 11.5 Å². The molecule has 3 rings (SSSR count). The number of rotatable bonds is 3. The van der Waals surface area contributed by atoms with E-state index in [1.807, 2.05) is 30.3 Å². The van der Waals surface area contributed by atoms with Crippen LogP contribution in [0.3, 0.4) is 0 Å². The highest BCUT2D eigenvalue weighted by molar-refractivity contribution is 5.97. The monoisotopic (exact) mass is 256 g/mol. The predicted molar refractivity (Wildman–Crippen MR) is 69.4 cm³/mol. The van der Waals surface area contributed by atoms with Crippen molar-refractivity contribution in [3.63, 3.8) is 0 Å². The number of benzene rings is 2. The van der Waals surface area contributed by atoms with E-state index in [1.54, 1.807) is 12.1 Å². The smallest absolute Gasteiger partial charge is 0.231 e. The van der Waals surface area contributed by atoms with E-state index in [-0.39, 0.29) is 12.6 Å². The largest absolute Gasteiger partial charge is 0.454 e. The number of carbonyl (C=O) groups excluding carboxylic acids is 1. The first kappa shape index (κ1) is 11.7. The molecule has 0 unspecified atom stereocenters. The molecule has 4 heteroatoms. The summed E-state index contributed by atoms with van der Waals surface area (Å²) in [6.07, 6.45) is 0. The van der Waals surface area contributed by atoms with Crippen molar-refractivity contribution in [3.05, 3.63) is 48.0 Å². The molecule has 4 nitrogen and oxygen atoms in total. The van der Waals surface area contributed by atoms with E-state index >= 15 is 0 Å². The lowest BCUT2D eigenvalue weighted by Crippen LogP contribution is -2.03. The van der Waals surface area contributed by atoms with Gasteiger partial charge in [-0.3, -0.25) is 4.79 Å². The van der Waals surface area contributed by atoms with Crippen LogP contribution in [0.1, 0.15) is 10.4 Å². The summed E-state index contributed by atoms with van der Waals surface area (Å²) in [7, 11) is 0. The Morgan fingerprint density at radius 3 is 2.42 bits per heavy atom. The van der Waals surface area contributed by atoms with E-state index in [0.717, 1.165) is 22.6 Å². The van der Waals surface area contributed by atoms with Gasteiger partial charge in [-0.1, -0.05) is 30.3 Å². The van der Waals surface area contributed by atoms with Gasteiger partial charge in [-0.2, -0.15) is 0 Å². The van der Waals surface area contributed by atoms with Gasteiger partial charge in [-0.05, 0) is 23.3 Å². The number of aliphatic hydroxyl groups is 1. The zero-order valence-electron chi connectivity index (χ0n) is 10.1. The quantitative estimate of drug-likeness (QED) is 0.856. The summed E-state index contributed by atoms with van der Waals surface area (Å²) < 4.78 is 10.6. The summed E-state index contributed by atoms with van der Waals surface area (Å²) >= 11 is 0. The zero-order chi connectivity index (χ0) is 13.2. The topological polar surface area (TPSA) is 55.8 Å². The lowest BCUT2D eigenvalue weighted by Gasteiger charge is -2.04. The van der Waals surface area contributed by atoms with Crippen molar-refractivity contribution in [3.8, 4) is 22.6 Å². The van der Waals surface area contributed by atoms with Crippen molar-refractivity contribution in [2.75, 3.05) is 13.4 Å². The molecule has 0 amide bonds. The average molecular weight is 256 g/mol. The Labute approximate surface area is 110 Å². The second kappa shape index (κ2) is 4.74. The molecule has 0 spiro atoms. The van der Waals surface area contributed by atoms with Gasteiger partial charge in [0.1, 0.15) is 6.61 Å². The van der Waals surface area contributed by atoms with Crippen LogP contribution < -0.4 is 9.47 Å². The molecule has 0 saturated carbocycles. The molecular formula is C15H12O4. The van der Waals surface area contributed by atoms with Gasteiger partial charge in [0.25, 0.3) is 0 Å². The third-order valence-corrected chi connectivity index (χ3v) is 3.06. The second-order valence-electron chi connectivity index (χ2n) is 4.23. The Hall–Kier alpha value is -2.33. The first-order valence-corrected chi connectivity index (χ1v) is 5.92. The van der Waals surface area contributed by atoms with Crippen molar-refractivity contribution in [2.45, 2.75) is 0 Å². The van der Waals surface area contributed by atoms with Gasteiger partial charge >= 0.3 is 0 Å². The SMILES string of the molecule is O=C(CO)c1ccc(-c2ccc3c(c2)OCO3)cc1. The Kier molecular flexibility index (Phi) is 2.93. The number of hydrogen-bond acceptors (Lipinski definition) is 4. The molecule has 2 aromatic carbocycles. The Morgan fingerprint density at radius 2 is 1.68 bits per heavy atom. The fourth-order valence-electron chi connectivity index (χ4n) is 2.02. The van der Waals surface area contributed by atoms with Gasteiger partial charge in [-0.15, -0.1) is 0 Å². The number of fused-ring (bicyclic) bond motifs is 1. The predicted octanol–water partition coefficient (Wildman–Crippen LogP) is 2.26. The highest BCUT2D eigenvalue weighted by atomic mass is 16.7. The fourth-order valence-corrected chi connectivity index (χ4v) is 2.02. The van der Waals surface area contributed by atoms with Crippen LogP contribution in [0.4, 0.5) is 0 Å². The van der Waals surface area contributed by atoms with Crippen LogP contribution in [-0.4, -0.2) is 24.3 Å². The number of aliphatic hydroxyl groups excluding tert-OH is 1. The fraction of sp³-hybridized carbons (Fsp3) is 0.133. The van der Waals surface area contributed by atoms with Crippen molar-refractivity contribution in [2.24, 2.45) is 0 Å². The summed E-state index contributed by atoms with van der Waals surface area (Å²) in [5, 5.41) is 8.80. The molecule has 0 bridgehead atoms. The molecule has 96 valence electrons. The molecule has 0 aromatic heterocycles. The van der Waals surface area contributed by atoms with Crippen molar-refractivity contribution in [1.29, 1.82) is 0 Å². The maximum atomic E-state index is 11.3. The molecule has 0 fully saturated rings. The van der Waals surface area contributed by atoms with Gasteiger partial charge in [0, 0.05) is 5.56 Å². The molecule has 1 aliphatic rings. The van der Waals surface area contributed by atoms with Crippen LogP contribution in [0, 0.1) is 0 Å². The minimum absolute atomic E-state index is 0.253. The maximum absolute atomic E-state index is 11.3. The summed E-state index contributed by atoms with van der Waals surface area (Å²) in [5.74, 6) is 1.20. The van der Waals surface area contributed by atoms with Crippen LogP contribution in [0.25, 0.3) is 11.1 Å². The van der Waals surface area contributed by atoms with Crippen LogP contribution in [-0.2, 0) is 0 Å². The third-order valence-electron chi connectivity index (χ3n) is 3.06. The van der Waals surface area contributed by atoms with Crippen molar-refractivity contribution >= 4 is 5.78 Å². The van der Waals surface area contributed by atoms with Gasteiger partial charge in [0.2, 0.25) is 6.79 Å². The minimum atomic E-state index is -0.469. The van der Waals surface area contributed by atoms with Crippen LogP contribution >= 0.6 is 0 Å². The number of ether oxygens (including phenoxy) is 2. The third kappa shape index (κ3) is 2.18. The van der Waals surface area contributed by atoms with Crippen molar-refractivity contribution < 1.29 is 19.4 Å². The first-order valence-electron chi connectivity index (χ1n) is 5.92. The standard InChI is InChI=1S/C15H12O4/c16-8-13(17)11-3-1-10(2-4-11)12-5-6-14-15(7-12)19-9-18-14/h1-7,16H,8-9H2. The summed E-state index contributed by atoms with van der Waals surface area (Å²) in [5.41, 5.74) is 2.48. The molecular weight excluding hydrogens is 244 g/mol. The first-order chi connectivity index (χ1) is 9.28. The number of hydrogen-bond donors (Lipinski definition) is 1. The van der Waals surface area contributed by atoms with Gasteiger partial charge < -0.3 is 14.6 Å². The van der Waals surface area contributed by atoms with Crippen LogP contribution in [0.2, 0.25) is 0 Å². The normalized spacial score (nSPS) is 12.5. The average Bonchev–Trinajstić information content (AvgIpc) is 2.94. The maximum Gasteiger partial charge on any atom is 0.231 e. The summed E-state index contributed by atoms with van der Waals surface area (Å²) in [6, 6.07) is 12.8. The number of carbonyl (C=O) groups is 1. The highest BCUT2D eigenvalue weighted by Crippen LogP contribution is 2.35. The van der Waals surface area contributed by atoms with Crippen molar-refractivity contribution in [1.82, 2.24) is 0 Å². The molecule has 19 heavy (non-hydrogen) atoms. The van der Waals surface area contributed by atoms with Gasteiger partial charge in [-0.25, -0.2) is 0 Å². The van der Waals surface area contributed by atoms with E-state index in [1.165, 1.54) is 0 Å². The second-order valence-corrected chi connectivity index (χ2v) is 4.23. The lowest BCUT2D eigenvalue weighted by atomic mass is 10.0. The molecule has 1 aliphatic heterocycles. The minimum Gasteiger partial charge on any atom is -0.454 e. The zero-order valence-corrected chi connectivity index (χ0v) is 10.1. The van der Waals surface area contributed by atoms with E-state index in [9.17, 15) is 4.79 Å². The molecule has 0 atom stereocenters. The highest BCUT2D eigenvalue weighted by Gasteiger charge is 2.14. The Bertz CT molecular complexity index is 617. The molecule has 2 aromatic rings. The molecule has 0 aliphatic carbocycles. The van der Waals surface area contributed by atoms with Gasteiger partial charge in [0.05, 0.1) is 0 Å². The summed E-state index contributed by atoms with van der Waals surface area (Å²) in [4.78, 5) is 11.3. The van der Waals surface area contributed by atoms with E-state index in [2.05, 4.69) is 0 Å². The van der Waals surface area contributed by atoms with E-state index in [0.29, 0.717) is 5.56 Å². The van der Waals surface area contributed by atoms with E-state index < -0.39 is 6.61 Å². The number of ketones is 1. The Balaban J connectivity index is 1.92. The lowest BCUT2D eigenvalue weighted by molar-refractivity contribution is 0.0904.